The molecule has 0 radical (unpaired) electrons. The zero-order chi connectivity index (χ0) is 23.8. The van der Waals surface area contributed by atoms with Crippen molar-refractivity contribution >= 4 is 62.1 Å². The Balaban J connectivity index is -0.0000000513. The highest BCUT2D eigenvalue weighted by Gasteiger charge is 1.63. The van der Waals surface area contributed by atoms with E-state index in [2.05, 4.69) is 12.5 Å². The van der Waals surface area contributed by atoms with Crippen LogP contribution in [0.2, 0.25) is 0 Å². The average Bonchev–Trinajstić information content (AvgIpc) is 2.56. The highest BCUT2D eigenvalue weighted by Crippen LogP contribution is 2.09. The standard InChI is InChI=1S/C6H6.3C3H6O.C2H3N.C2H6S2.CH2Cl2/c1-2-4-6-5-3-1;3*1-3(2)4;1-2-3;1-3-4-2;2-1-3/h1-6H;3*1-2H3;1H3;1-2H3;1H2. The van der Waals surface area contributed by atoms with Crippen LogP contribution < -0.4 is 0 Å². The van der Waals surface area contributed by atoms with E-state index in [1.165, 1.54) is 48.5 Å². The minimum atomic E-state index is 0.167. The van der Waals surface area contributed by atoms with Crippen LogP contribution >= 0.6 is 44.8 Å². The SMILES string of the molecule is CC#N.CC(C)=O.CC(C)=O.CC(C)=O.CSSC.ClCCl.c1ccccc1. The first-order valence-corrected chi connectivity index (χ1v) is 11.9. The van der Waals surface area contributed by atoms with Crippen LogP contribution in [0, 0.1) is 11.3 Å². The summed E-state index contributed by atoms with van der Waals surface area (Å²) in [4.78, 5) is 28.3. The summed E-state index contributed by atoms with van der Waals surface area (Å²) in [7, 11) is 3.55. The molecule has 164 valence electrons. The quantitative estimate of drug-likeness (QED) is 0.322. The zero-order valence-electron chi connectivity index (χ0n) is 18.4. The number of benzene rings is 1. The summed E-state index contributed by atoms with van der Waals surface area (Å²) < 4.78 is 0. The highest BCUT2D eigenvalue weighted by molar-refractivity contribution is 8.76. The molecule has 0 atom stereocenters. The van der Waals surface area contributed by atoms with Crippen LogP contribution in [-0.2, 0) is 14.4 Å². The number of alkyl halides is 2. The molecule has 0 unspecified atom stereocenters. The van der Waals surface area contributed by atoms with Gasteiger partial charge in [-0.1, -0.05) is 58.0 Å². The Kier molecular flexibility index (Phi) is 74.1. The third kappa shape index (κ3) is 400. The van der Waals surface area contributed by atoms with Crippen LogP contribution in [0.15, 0.2) is 36.4 Å². The maximum absolute atomic E-state index is 9.44. The van der Waals surface area contributed by atoms with Crippen molar-refractivity contribution in [2.45, 2.75) is 48.5 Å². The zero-order valence-corrected chi connectivity index (χ0v) is 21.6. The first-order valence-electron chi connectivity index (χ1n) is 7.85. The van der Waals surface area contributed by atoms with E-state index in [0.717, 1.165) is 0 Å². The van der Waals surface area contributed by atoms with Gasteiger partial charge in [-0.2, -0.15) is 5.26 Å². The normalized spacial score (nSPS) is 6.50. The molecule has 0 fully saturated rings. The minimum Gasteiger partial charge on any atom is -0.300 e. The lowest BCUT2D eigenvalue weighted by molar-refractivity contribution is -0.115. The van der Waals surface area contributed by atoms with Gasteiger partial charge in [0.25, 0.3) is 0 Å². The van der Waals surface area contributed by atoms with Gasteiger partial charge in [0.1, 0.15) is 17.3 Å². The second kappa shape index (κ2) is 50.2. The van der Waals surface area contributed by atoms with Gasteiger partial charge in [0.2, 0.25) is 0 Å². The van der Waals surface area contributed by atoms with Crippen LogP contribution in [-0.4, -0.2) is 35.2 Å². The summed E-state index contributed by atoms with van der Waals surface area (Å²) in [5.74, 6) is 0.500. The monoisotopic (exact) mass is 471 g/mol. The molecule has 1 rings (SSSR count). The number of rotatable bonds is 1. The number of ketones is 3. The Labute approximate surface area is 190 Å². The van der Waals surface area contributed by atoms with E-state index in [9.17, 15) is 14.4 Å². The first-order chi connectivity index (χ1) is 12.9. The van der Waals surface area contributed by atoms with E-state index in [4.69, 9.17) is 28.5 Å². The number of hydrogen-bond acceptors (Lipinski definition) is 6. The van der Waals surface area contributed by atoms with Gasteiger partial charge in [0, 0.05) is 6.92 Å². The molecule has 0 N–H and O–H groups in total. The van der Waals surface area contributed by atoms with Crippen molar-refractivity contribution in [1.29, 1.82) is 5.26 Å². The molecule has 0 bridgehead atoms. The number of carbonyl (C=O) groups is 3. The molecule has 0 amide bonds. The van der Waals surface area contributed by atoms with Gasteiger partial charge in [0.05, 0.1) is 11.4 Å². The summed E-state index contributed by atoms with van der Waals surface area (Å²) >= 11 is 9.53. The lowest BCUT2D eigenvalue weighted by Crippen LogP contribution is -1.69. The van der Waals surface area contributed by atoms with Crippen molar-refractivity contribution in [1.82, 2.24) is 0 Å². The fourth-order valence-electron chi connectivity index (χ4n) is 0.385. The molecule has 0 aliphatic heterocycles. The van der Waals surface area contributed by atoms with Gasteiger partial charge in [-0.05, 0) is 54.1 Å². The minimum absolute atomic E-state index is 0.167. The van der Waals surface area contributed by atoms with Crippen molar-refractivity contribution in [3.8, 4) is 6.07 Å². The molecule has 0 aliphatic rings. The van der Waals surface area contributed by atoms with Gasteiger partial charge >= 0.3 is 0 Å². The van der Waals surface area contributed by atoms with Crippen molar-refractivity contribution in [3.63, 3.8) is 0 Å². The highest BCUT2D eigenvalue weighted by atomic mass is 35.5. The fraction of sp³-hybridized carbons (Fsp3) is 0.500. The number of Topliss-reactive ketones (excluding diaryl/α,β-unsaturated/α-hetero) is 3. The smallest absolute Gasteiger partial charge is 0.126 e. The Hall–Kier alpha value is -1.00. The molecular weight excluding hydrogens is 437 g/mol. The largest absolute Gasteiger partial charge is 0.300 e. The molecule has 1 aromatic carbocycles. The third-order valence-electron chi connectivity index (χ3n) is 0.833. The number of carbonyl (C=O) groups excluding carboxylic acids is 3. The van der Waals surface area contributed by atoms with Crippen LogP contribution in [0.4, 0.5) is 0 Å². The predicted molar refractivity (Wildman–Crippen MR) is 130 cm³/mol. The van der Waals surface area contributed by atoms with Gasteiger partial charge in [-0.15, -0.1) is 23.2 Å². The van der Waals surface area contributed by atoms with Gasteiger partial charge in [0.15, 0.2) is 0 Å². The lowest BCUT2D eigenvalue weighted by Gasteiger charge is -1.69. The van der Waals surface area contributed by atoms with E-state index < -0.39 is 0 Å². The maximum Gasteiger partial charge on any atom is 0.126 e. The molecule has 28 heavy (non-hydrogen) atoms. The molecular formula is C20H35Cl2NO3S2. The molecule has 0 spiro atoms. The van der Waals surface area contributed by atoms with Crippen LogP contribution in [0.3, 0.4) is 0 Å². The Bertz CT molecular complexity index is 385. The summed E-state index contributed by atoms with van der Waals surface area (Å²) in [5.41, 5.74) is 0. The lowest BCUT2D eigenvalue weighted by atomic mass is 10.4. The molecule has 0 aromatic heterocycles. The van der Waals surface area contributed by atoms with E-state index in [-0.39, 0.29) is 22.7 Å². The number of hydrogen-bond donors (Lipinski definition) is 0. The summed E-state index contributed by atoms with van der Waals surface area (Å²) in [6, 6.07) is 13.8. The molecule has 1 aromatic rings. The molecule has 0 aliphatic carbocycles. The van der Waals surface area contributed by atoms with Crippen LogP contribution in [0.5, 0.6) is 0 Å². The summed E-state index contributed by atoms with van der Waals surface area (Å²) in [6.45, 7) is 10.6. The fourth-order valence-corrected chi connectivity index (χ4v) is 0.385. The Morgan fingerprint density at radius 1 is 0.714 bits per heavy atom. The molecule has 8 heteroatoms. The van der Waals surface area contributed by atoms with Gasteiger partial charge in [-0.3, -0.25) is 0 Å². The first kappa shape index (κ1) is 41.4. The second-order valence-electron chi connectivity index (χ2n) is 4.54. The molecule has 4 nitrogen and oxygen atoms in total. The van der Waals surface area contributed by atoms with Crippen molar-refractivity contribution in [2.75, 3.05) is 17.9 Å². The average molecular weight is 473 g/mol. The van der Waals surface area contributed by atoms with Crippen molar-refractivity contribution < 1.29 is 14.4 Å². The number of nitriles is 1. The van der Waals surface area contributed by atoms with Crippen LogP contribution in [0.25, 0.3) is 0 Å². The molecule has 0 saturated carbocycles. The summed E-state index contributed by atoms with van der Waals surface area (Å²) in [5, 5.41) is 7.51. The summed E-state index contributed by atoms with van der Waals surface area (Å²) in [6.07, 6.45) is 4.12. The van der Waals surface area contributed by atoms with Crippen molar-refractivity contribution in [3.05, 3.63) is 36.4 Å². The van der Waals surface area contributed by atoms with E-state index in [1.54, 1.807) is 27.7 Å². The third-order valence-corrected chi connectivity index (χ3v) is 2.17. The van der Waals surface area contributed by atoms with Gasteiger partial charge in [-0.25, -0.2) is 0 Å². The Morgan fingerprint density at radius 3 is 0.821 bits per heavy atom. The molecule has 0 saturated heterocycles. The maximum atomic E-state index is 9.44. The number of halogens is 2. The number of nitrogens with zero attached hydrogens (tertiary/aromatic N) is 1. The Morgan fingerprint density at radius 2 is 0.786 bits per heavy atom. The van der Waals surface area contributed by atoms with E-state index in [1.807, 2.05) is 36.4 Å². The second-order valence-corrected chi connectivity index (χ2v) is 8.01. The van der Waals surface area contributed by atoms with E-state index in [0.29, 0.717) is 0 Å². The molecule has 0 heterocycles. The topological polar surface area (TPSA) is 75.0 Å². The van der Waals surface area contributed by atoms with E-state index >= 15 is 0 Å². The van der Waals surface area contributed by atoms with Crippen molar-refractivity contribution in [2.24, 2.45) is 0 Å². The van der Waals surface area contributed by atoms with Crippen LogP contribution in [0.1, 0.15) is 48.5 Å². The predicted octanol–water partition coefficient (Wildman–Crippen LogP) is 7.05. The van der Waals surface area contributed by atoms with Gasteiger partial charge < -0.3 is 14.4 Å².